The van der Waals surface area contributed by atoms with Crippen LogP contribution in [-0.2, 0) is 10.0 Å². The number of hydrogen-bond acceptors (Lipinski definition) is 5. The fraction of sp³-hybridized carbons (Fsp3) is 0.600. The lowest BCUT2D eigenvalue weighted by molar-refractivity contribution is 0.0686. The van der Waals surface area contributed by atoms with E-state index in [1.807, 2.05) is 19.0 Å². The third-order valence-electron chi connectivity index (χ3n) is 2.62. The Bertz CT molecular complexity index is 564. The standard InChI is InChI=1S/C10H18N4O4S/c1-7-9(8(10(15)16)12-11-7)19(17,18)14(4)6-5-13(2)3/h5-6H2,1-4H3,(H,11,12)(H,15,16). The molecule has 0 saturated carbocycles. The molecule has 1 aromatic rings. The number of sulfonamides is 1. The van der Waals surface area contributed by atoms with Crippen molar-refractivity contribution in [2.75, 3.05) is 34.2 Å². The highest BCUT2D eigenvalue weighted by Crippen LogP contribution is 2.21. The lowest BCUT2D eigenvalue weighted by Gasteiger charge is -2.19. The van der Waals surface area contributed by atoms with Gasteiger partial charge >= 0.3 is 5.97 Å². The van der Waals surface area contributed by atoms with Crippen molar-refractivity contribution >= 4 is 16.0 Å². The molecule has 1 aromatic heterocycles. The van der Waals surface area contributed by atoms with E-state index in [2.05, 4.69) is 10.2 Å². The predicted molar refractivity (Wildman–Crippen MR) is 68.7 cm³/mol. The maximum Gasteiger partial charge on any atom is 0.357 e. The van der Waals surface area contributed by atoms with E-state index in [9.17, 15) is 13.2 Å². The Morgan fingerprint density at radius 1 is 1.32 bits per heavy atom. The first kappa shape index (κ1) is 15.6. The van der Waals surface area contributed by atoms with Crippen molar-refractivity contribution in [3.63, 3.8) is 0 Å². The monoisotopic (exact) mass is 290 g/mol. The molecule has 0 aliphatic carbocycles. The first-order chi connectivity index (χ1) is 8.67. The topological polar surface area (TPSA) is 107 Å². The van der Waals surface area contributed by atoms with Crippen molar-refractivity contribution in [1.29, 1.82) is 0 Å². The van der Waals surface area contributed by atoms with E-state index >= 15 is 0 Å². The summed E-state index contributed by atoms with van der Waals surface area (Å²) in [5.41, 5.74) is -0.261. The zero-order valence-corrected chi connectivity index (χ0v) is 12.2. The van der Waals surface area contributed by atoms with Crippen LogP contribution in [0, 0.1) is 6.92 Å². The maximum absolute atomic E-state index is 12.3. The third kappa shape index (κ3) is 3.31. The number of likely N-dealkylation sites (N-methyl/N-ethyl adjacent to an activating group) is 2. The molecule has 0 unspecified atom stereocenters. The van der Waals surface area contributed by atoms with Crippen LogP contribution >= 0.6 is 0 Å². The summed E-state index contributed by atoms with van der Waals surface area (Å²) in [6, 6.07) is 0. The maximum atomic E-state index is 12.3. The van der Waals surface area contributed by atoms with Crippen LogP contribution in [0.3, 0.4) is 0 Å². The molecule has 108 valence electrons. The van der Waals surface area contributed by atoms with Gasteiger partial charge in [0.15, 0.2) is 5.69 Å². The Morgan fingerprint density at radius 2 is 1.89 bits per heavy atom. The van der Waals surface area contributed by atoms with Crippen molar-refractivity contribution in [1.82, 2.24) is 19.4 Å². The number of hydrogen-bond donors (Lipinski definition) is 2. The van der Waals surface area contributed by atoms with Gasteiger partial charge in [-0.15, -0.1) is 0 Å². The Morgan fingerprint density at radius 3 is 2.37 bits per heavy atom. The second-order valence-corrected chi connectivity index (χ2v) is 6.44. The van der Waals surface area contributed by atoms with Gasteiger partial charge in [0.05, 0.1) is 5.69 Å². The molecular formula is C10H18N4O4S. The summed E-state index contributed by atoms with van der Waals surface area (Å²) in [5.74, 6) is -1.37. The van der Waals surface area contributed by atoms with Crippen LogP contribution in [0.5, 0.6) is 0 Å². The zero-order valence-electron chi connectivity index (χ0n) is 11.3. The molecule has 0 aromatic carbocycles. The summed E-state index contributed by atoms with van der Waals surface area (Å²) in [6.07, 6.45) is 0. The number of rotatable bonds is 6. The van der Waals surface area contributed by atoms with E-state index in [0.717, 1.165) is 4.31 Å². The summed E-state index contributed by atoms with van der Waals surface area (Å²) in [5, 5.41) is 14.9. The van der Waals surface area contributed by atoms with Crippen molar-refractivity contribution in [2.24, 2.45) is 0 Å². The summed E-state index contributed by atoms with van der Waals surface area (Å²) < 4.78 is 25.8. The van der Waals surface area contributed by atoms with Crippen molar-refractivity contribution in [3.05, 3.63) is 11.4 Å². The fourth-order valence-electron chi connectivity index (χ4n) is 1.50. The number of aromatic carboxylic acids is 1. The van der Waals surface area contributed by atoms with Crippen LogP contribution in [0.2, 0.25) is 0 Å². The van der Waals surface area contributed by atoms with E-state index in [1.54, 1.807) is 0 Å². The molecule has 0 saturated heterocycles. The van der Waals surface area contributed by atoms with E-state index in [1.165, 1.54) is 14.0 Å². The number of carboxylic acids is 1. The number of aromatic amines is 1. The molecule has 0 spiro atoms. The van der Waals surface area contributed by atoms with E-state index in [4.69, 9.17) is 5.11 Å². The lowest BCUT2D eigenvalue weighted by atomic mass is 10.4. The van der Waals surface area contributed by atoms with Crippen LogP contribution in [0.4, 0.5) is 0 Å². The molecule has 1 heterocycles. The van der Waals surface area contributed by atoms with Crippen molar-refractivity contribution in [3.8, 4) is 0 Å². The zero-order chi connectivity index (χ0) is 14.8. The van der Waals surface area contributed by atoms with Crippen molar-refractivity contribution in [2.45, 2.75) is 11.8 Å². The van der Waals surface area contributed by atoms with Gasteiger partial charge in [0.1, 0.15) is 4.90 Å². The summed E-state index contributed by atoms with van der Waals surface area (Å²) in [6.45, 7) is 2.28. The first-order valence-corrected chi connectivity index (χ1v) is 7.01. The number of H-pyrrole nitrogens is 1. The number of aryl methyl sites for hydroxylation is 1. The number of nitrogens with one attached hydrogen (secondary N) is 1. The Hall–Kier alpha value is -1.45. The predicted octanol–water partition coefficient (Wildman–Crippen LogP) is -0.402. The minimum Gasteiger partial charge on any atom is -0.476 e. The van der Waals surface area contributed by atoms with Gasteiger partial charge in [-0.3, -0.25) is 5.10 Å². The second kappa shape index (κ2) is 5.68. The second-order valence-electron chi connectivity index (χ2n) is 4.46. The van der Waals surface area contributed by atoms with Gasteiger partial charge in [-0.2, -0.15) is 9.40 Å². The van der Waals surface area contributed by atoms with E-state index < -0.39 is 21.7 Å². The molecule has 0 radical (unpaired) electrons. The minimum absolute atomic E-state index is 0.217. The van der Waals surface area contributed by atoms with Gasteiger partial charge < -0.3 is 10.0 Å². The highest BCUT2D eigenvalue weighted by molar-refractivity contribution is 7.89. The summed E-state index contributed by atoms with van der Waals surface area (Å²) in [7, 11) is 1.20. The third-order valence-corrected chi connectivity index (χ3v) is 4.64. The van der Waals surface area contributed by atoms with E-state index in [-0.39, 0.29) is 17.1 Å². The van der Waals surface area contributed by atoms with Gasteiger partial charge in [0.2, 0.25) is 10.0 Å². The molecule has 0 atom stereocenters. The molecule has 0 aliphatic heterocycles. The number of nitrogens with zero attached hydrogens (tertiary/aromatic N) is 3. The van der Waals surface area contributed by atoms with Gasteiger partial charge in [-0.05, 0) is 21.0 Å². The molecule has 0 aliphatic rings. The average molecular weight is 290 g/mol. The fourth-order valence-corrected chi connectivity index (χ4v) is 2.94. The van der Waals surface area contributed by atoms with Crippen LogP contribution in [0.15, 0.2) is 4.90 Å². The molecular weight excluding hydrogens is 272 g/mol. The summed E-state index contributed by atoms with van der Waals surface area (Å²) >= 11 is 0. The van der Waals surface area contributed by atoms with Gasteiger partial charge in [0, 0.05) is 20.1 Å². The highest BCUT2D eigenvalue weighted by Gasteiger charge is 2.31. The molecule has 0 bridgehead atoms. The minimum atomic E-state index is -3.87. The van der Waals surface area contributed by atoms with Crippen LogP contribution in [0.1, 0.15) is 16.2 Å². The molecule has 1 rings (SSSR count). The smallest absolute Gasteiger partial charge is 0.357 e. The van der Waals surface area contributed by atoms with Crippen LogP contribution in [-0.4, -0.2) is 73.1 Å². The molecule has 19 heavy (non-hydrogen) atoms. The van der Waals surface area contributed by atoms with Gasteiger partial charge in [-0.25, -0.2) is 13.2 Å². The average Bonchev–Trinajstić information content (AvgIpc) is 2.68. The molecule has 8 nitrogen and oxygen atoms in total. The van der Waals surface area contributed by atoms with E-state index in [0.29, 0.717) is 6.54 Å². The van der Waals surface area contributed by atoms with Crippen LogP contribution in [0.25, 0.3) is 0 Å². The number of aromatic nitrogens is 2. The first-order valence-electron chi connectivity index (χ1n) is 5.57. The molecule has 0 amide bonds. The highest BCUT2D eigenvalue weighted by atomic mass is 32.2. The number of carboxylic acid groups (broad SMARTS) is 1. The Balaban J connectivity index is 3.13. The van der Waals surface area contributed by atoms with Crippen LogP contribution < -0.4 is 0 Å². The Labute approximate surface area is 112 Å². The molecule has 0 fully saturated rings. The molecule has 9 heteroatoms. The summed E-state index contributed by atoms with van der Waals surface area (Å²) in [4.78, 5) is 12.6. The molecule has 2 N–H and O–H groups in total. The van der Waals surface area contributed by atoms with Gasteiger partial charge in [-0.1, -0.05) is 0 Å². The van der Waals surface area contributed by atoms with Crippen molar-refractivity contribution < 1.29 is 18.3 Å². The SMILES string of the molecule is Cc1[nH]nc(C(=O)O)c1S(=O)(=O)N(C)CCN(C)C. The normalized spacial score (nSPS) is 12.3. The Kier molecular flexibility index (Phi) is 4.66. The number of carbonyl (C=O) groups is 1. The lowest BCUT2D eigenvalue weighted by Crippen LogP contribution is -2.34. The largest absolute Gasteiger partial charge is 0.476 e. The van der Waals surface area contributed by atoms with Gasteiger partial charge in [0.25, 0.3) is 0 Å². The quantitative estimate of drug-likeness (QED) is 0.738.